The van der Waals surface area contributed by atoms with Gasteiger partial charge < -0.3 is 0 Å². The predicted molar refractivity (Wildman–Crippen MR) is 133 cm³/mol. The molecule has 0 atom stereocenters. The third-order valence-electron chi connectivity index (χ3n) is 7.86. The van der Waals surface area contributed by atoms with Crippen LogP contribution in [-0.2, 0) is 32.1 Å². The van der Waals surface area contributed by atoms with Gasteiger partial charge in [-0.2, -0.15) is 0 Å². The molecule has 0 aromatic heterocycles. The fourth-order valence-corrected chi connectivity index (χ4v) is 5.88. The largest absolute Gasteiger partial charge is 0.0613 e. The van der Waals surface area contributed by atoms with Crippen molar-refractivity contribution >= 4 is 0 Å². The molecule has 0 heteroatoms. The van der Waals surface area contributed by atoms with Crippen LogP contribution in [0.15, 0.2) is 60.7 Å². The maximum atomic E-state index is 2.52. The van der Waals surface area contributed by atoms with E-state index in [0.29, 0.717) is 0 Å². The van der Waals surface area contributed by atoms with Gasteiger partial charge in [0.2, 0.25) is 0 Å². The molecule has 160 valence electrons. The van der Waals surface area contributed by atoms with Crippen molar-refractivity contribution in [1.82, 2.24) is 0 Å². The van der Waals surface area contributed by atoms with E-state index in [-0.39, 0.29) is 0 Å². The molecule has 0 saturated heterocycles. The van der Waals surface area contributed by atoms with E-state index in [1.54, 1.807) is 11.1 Å². The van der Waals surface area contributed by atoms with E-state index < -0.39 is 0 Å². The Morgan fingerprint density at radius 3 is 1.58 bits per heavy atom. The minimum Gasteiger partial charge on any atom is -0.0613 e. The number of hydrogen-bond donors (Lipinski definition) is 0. The van der Waals surface area contributed by atoms with Crippen LogP contribution in [0.1, 0.15) is 72.9 Å². The van der Waals surface area contributed by atoms with Gasteiger partial charge in [-0.05, 0) is 114 Å². The molecule has 2 aliphatic rings. The Bertz CT molecular complexity index is 1030. The van der Waals surface area contributed by atoms with Crippen molar-refractivity contribution in [2.45, 2.75) is 71.6 Å². The minimum absolute atomic E-state index is 0.868. The van der Waals surface area contributed by atoms with Gasteiger partial charge >= 0.3 is 0 Å². The van der Waals surface area contributed by atoms with Crippen LogP contribution in [0.2, 0.25) is 0 Å². The van der Waals surface area contributed by atoms with Crippen molar-refractivity contribution in [3.05, 3.63) is 94.0 Å². The Balaban J connectivity index is 1.17. The molecule has 3 aromatic carbocycles. The Kier molecular flexibility index (Phi) is 5.99. The summed E-state index contributed by atoms with van der Waals surface area (Å²) in [6.07, 6.45) is 11.5. The summed E-state index contributed by atoms with van der Waals surface area (Å²) in [5, 5.41) is 0. The number of aryl methyl sites for hydroxylation is 2. The fraction of sp³-hybridized carbons (Fsp3) is 0.419. The highest BCUT2D eigenvalue weighted by molar-refractivity contribution is 5.77. The summed E-state index contributed by atoms with van der Waals surface area (Å²) >= 11 is 0. The molecular formula is C31H36. The maximum Gasteiger partial charge on any atom is -0.00133 e. The molecule has 1 saturated carbocycles. The van der Waals surface area contributed by atoms with Crippen LogP contribution in [0.3, 0.4) is 0 Å². The van der Waals surface area contributed by atoms with Crippen LogP contribution in [0.25, 0.3) is 11.1 Å². The first-order valence-electron chi connectivity index (χ1n) is 12.5. The highest BCUT2D eigenvalue weighted by atomic mass is 14.3. The summed E-state index contributed by atoms with van der Waals surface area (Å²) < 4.78 is 0. The van der Waals surface area contributed by atoms with Crippen LogP contribution in [-0.4, -0.2) is 0 Å². The molecule has 0 radical (unpaired) electrons. The molecule has 0 aliphatic heterocycles. The summed E-state index contributed by atoms with van der Waals surface area (Å²) in [4.78, 5) is 0. The standard InChI is InChI=1S/C31H36/c1-3-22-5-7-24(8-6-22)17-25-9-11-26(12-10-25)18-27-14-16-31-29(20-27)21-28-19-23(4-2)13-15-30(28)31/h5-8,13-16,19-20,25-26H,3-4,9-12,17-18,21H2,1-2H3. The Labute approximate surface area is 188 Å². The normalized spacial score (nSPS) is 19.8. The van der Waals surface area contributed by atoms with Gasteiger partial charge in [-0.15, -0.1) is 0 Å². The average Bonchev–Trinajstić information content (AvgIpc) is 3.17. The molecule has 0 unspecified atom stereocenters. The van der Waals surface area contributed by atoms with Gasteiger partial charge in [0.25, 0.3) is 0 Å². The zero-order valence-corrected chi connectivity index (χ0v) is 19.3. The topological polar surface area (TPSA) is 0 Å². The van der Waals surface area contributed by atoms with Crippen molar-refractivity contribution in [1.29, 1.82) is 0 Å². The Hall–Kier alpha value is -2.34. The first-order valence-corrected chi connectivity index (χ1v) is 12.5. The van der Waals surface area contributed by atoms with E-state index in [9.17, 15) is 0 Å². The number of hydrogen-bond acceptors (Lipinski definition) is 0. The van der Waals surface area contributed by atoms with E-state index in [1.165, 1.54) is 71.9 Å². The Morgan fingerprint density at radius 1 is 0.548 bits per heavy atom. The first kappa shape index (κ1) is 20.6. The predicted octanol–water partition coefficient (Wildman–Crippen LogP) is 7.97. The lowest BCUT2D eigenvalue weighted by Crippen LogP contribution is -2.18. The van der Waals surface area contributed by atoms with Gasteiger partial charge in [0.05, 0.1) is 0 Å². The van der Waals surface area contributed by atoms with Crippen LogP contribution >= 0.6 is 0 Å². The lowest BCUT2D eigenvalue weighted by molar-refractivity contribution is 0.272. The third-order valence-corrected chi connectivity index (χ3v) is 7.86. The summed E-state index contributed by atoms with van der Waals surface area (Å²) in [6.45, 7) is 4.48. The summed E-state index contributed by atoms with van der Waals surface area (Å²) in [5.41, 5.74) is 12.0. The lowest BCUT2D eigenvalue weighted by Gasteiger charge is -2.29. The molecule has 1 fully saturated rings. The zero-order chi connectivity index (χ0) is 21.2. The molecule has 31 heavy (non-hydrogen) atoms. The molecule has 0 amide bonds. The molecule has 0 N–H and O–H groups in total. The average molecular weight is 409 g/mol. The number of benzene rings is 3. The van der Waals surface area contributed by atoms with Gasteiger partial charge in [0.1, 0.15) is 0 Å². The third kappa shape index (κ3) is 4.49. The zero-order valence-electron chi connectivity index (χ0n) is 19.3. The van der Waals surface area contributed by atoms with Gasteiger partial charge in [-0.3, -0.25) is 0 Å². The highest BCUT2D eigenvalue weighted by Crippen LogP contribution is 2.39. The van der Waals surface area contributed by atoms with Crippen molar-refractivity contribution in [2.24, 2.45) is 11.8 Å². The van der Waals surface area contributed by atoms with Gasteiger partial charge in [-0.25, -0.2) is 0 Å². The SMILES string of the molecule is CCc1ccc(CC2CCC(Cc3ccc4c(c3)Cc3cc(CC)ccc3-4)CC2)cc1. The summed E-state index contributed by atoms with van der Waals surface area (Å²) in [7, 11) is 0. The van der Waals surface area contributed by atoms with Crippen LogP contribution < -0.4 is 0 Å². The van der Waals surface area contributed by atoms with E-state index in [0.717, 1.165) is 31.1 Å². The van der Waals surface area contributed by atoms with Crippen molar-refractivity contribution < 1.29 is 0 Å². The van der Waals surface area contributed by atoms with E-state index in [4.69, 9.17) is 0 Å². The van der Waals surface area contributed by atoms with Gasteiger partial charge in [0, 0.05) is 0 Å². The number of rotatable bonds is 6. The lowest BCUT2D eigenvalue weighted by atomic mass is 9.77. The molecule has 0 bridgehead atoms. The van der Waals surface area contributed by atoms with Gasteiger partial charge in [-0.1, -0.05) is 74.5 Å². The van der Waals surface area contributed by atoms with Crippen LogP contribution in [0.4, 0.5) is 0 Å². The molecule has 3 aromatic rings. The van der Waals surface area contributed by atoms with Crippen molar-refractivity contribution in [3.8, 4) is 11.1 Å². The fourth-order valence-electron chi connectivity index (χ4n) is 5.88. The first-order chi connectivity index (χ1) is 15.2. The Morgan fingerprint density at radius 2 is 1.00 bits per heavy atom. The van der Waals surface area contributed by atoms with Crippen molar-refractivity contribution in [2.75, 3.05) is 0 Å². The quantitative estimate of drug-likeness (QED) is 0.303. The molecule has 0 spiro atoms. The second-order valence-electron chi connectivity index (χ2n) is 9.98. The van der Waals surface area contributed by atoms with Crippen LogP contribution in [0, 0.1) is 11.8 Å². The van der Waals surface area contributed by atoms with Gasteiger partial charge in [0.15, 0.2) is 0 Å². The minimum atomic E-state index is 0.868. The van der Waals surface area contributed by atoms with E-state index in [1.807, 2.05) is 0 Å². The molecule has 2 aliphatic carbocycles. The second-order valence-corrected chi connectivity index (χ2v) is 9.98. The summed E-state index contributed by atoms with van der Waals surface area (Å²) in [6, 6.07) is 23.7. The molecule has 0 heterocycles. The van der Waals surface area contributed by atoms with Crippen molar-refractivity contribution in [3.63, 3.8) is 0 Å². The molecule has 0 nitrogen and oxygen atoms in total. The van der Waals surface area contributed by atoms with Crippen LogP contribution in [0.5, 0.6) is 0 Å². The van der Waals surface area contributed by atoms with E-state index in [2.05, 4.69) is 74.5 Å². The highest BCUT2D eigenvalue weighted by Gasteiger charge is 2.23. The number of fused-ring (bicyclic) bond motifs is 3. The monoisotopic (exact) mass is 408 g/mol. The molecule has 5 rings (SSSR count). The molecular weight excluding hydrogens is 372 g/mol. The van der Waals surface area contributed by atoms with E-state index >= 15 is 0 Å². The smallest absolute Gasteiger partial charge is 0.00133 e. The maximum absolute atomic E-state index is 2.52. The summed E-state index contributed by atoms with van der Waals surface area (Å²) in [5.74, 6) is 1.75. The second kappa shape index (κ2) is 9.03.